The first-order valence-corrected chi connectivity index (χ1v) is 8.55. The largest absolute Gasteiger partial charge is 0.316 e. The van der Waals surface area contributed by atoms with E-state index in [-0.39, 0.29) is 0 Å². The number of fused-ring (bicyclic) bond motifs is 3. The van der Waals surface area contributed by atoms with Gasteiger partial charge in [0.05, 0.1) is 11.0 Å². The second-order valence-corrected chi connectivity index (χ2v) is 6.29. The van der Waals surface area contributed by atoms with Gasteiger partial charge in [-0.15, -0.1) is 0 Å². The summed E-state index contributed by atoms with van der Waals surface area (Å²) in [5.41, 5.74) is 7.52. The Morgan fingerprint density at radius 2 is 1.16 bits per heavy atom. The quantitative estimate of drug-likeness (QED) is 0.353. The normalized spacial score (nSPS) is 11.2. The molecule has 0 atom stereocenters. The van der Waals surface area contributed by atoms with Gasteiger partial charge in [0.2, 0.25) is 0 Å². The Morgan fingerprint density at radius 1 is 0.480 bits per heavy atom. The highest BCUT2D eigenvalue weighted by atomic mass is 14.9. The van der Waals surface area contributed by atoms with Crippen LogP contribution in [-0.4, -0.2) is 4.40 Å². The van der Waals surface area contributed by atoms with Crippen molar-refractivity contribution in [2.75, 3.05) is 0 Å². The Bertz CT molecular complexity index is 1180. The molecular formula is C24H17N. The van der Waals surface area contributed by atoms with Crippen LogP contribution in [0.4, 0.5) is 0 Å². The van der Waals surface area contributed by atoms with Crippen molar-refractivity contribution in [1.29, 1.82) is 0 Å². The topological polar surface area (TPSA) is 4.41 Å². The maximum Gasteiger partial charge on any atom is 0.0535 e. The van der Waals surface area contributed by atoms with Gasteiger partial charge in [0.25, 0.3) is 0 Å². The molecule has 0 saturated heterocycles. The highest BCUT2D eigenvalue weighted by Gasteiger charge is 2.12. The van der Waals surface area contributed by atoms with Gasteiger partial charge < -0.3 is 4.40 Å². The Balaban J connectivity index is 1.87. The van der Waals surface area contributed by atoms with Crippen molar-refractivity contribution in [1.82, 2.24) is 4.40 Å². The molecular weight excluding hydrogens is 302 g/mol. The molecule has 0 aliphatic rings. The van der Waals surface area contributed by atoms with Gasteiger partial charge in [-0.3, -0.25) is 0 Å². The zero-order chi connectivity index (χ0) is 16.6. The first-order chi connectivity index (χ1) is 12.4. The molecule has 0 unspecified atom stereocenters. The zero-order valence-electron chi connectivity index (χ0n) is 13.8. The van der Waals surface area contributed by atoms with E-state index in [1.54, 1.807) is 0 Å². The van der Waals surface area contributed by atoms with E-state index < -0.39 is 0 Å². The third-order valence-corrected chi connectivity index (χ3v) is 4.82. The molecule has 3 aromatic carbocycles. The van der Waals surface area contributed by atoms with Crippen LogP contribution in [0.2, 0.25) is 0 Å². The van der Waals surface area contributed by atoms with E-state index in [1.165, 1.54) is 38.7 Å². The molecule has 0 bridgehead atoms. The van der Waals surface area contributed by atoms with Crippen LogP contribution in [0.3, 0.4) is 0 Å². The van der Waals surface area contributed by atoms with Gasteiger partial charge in [0, 0.05) is 11.8 Å². The maximum atomic E-state index is 2.31. The zero-order valence-corrected chi connectivity index (χ0v) is 13.8. The summed E-state index contributed by atoms with van der Waals surface area (Å²) in [4.78, 5) is 0. The Labute approximate surface area is 146 Å². The molecule has 5 rings (SSSR count). The summed E-state index contributed by atoms with van der Waals surface area (Å²) in [7, 11) is 0. The second-order valence-electron chi connectivity index (χ2n) is 6.29. The van der Waals surface area contributed by atoms with Crippen molar-refractivity contribution in [3.8, 4) is 22.3 Å². The molecule has 0 N–H and O–H groups in total. The predicted octanol–water partition coefficient (Wildman–Crippen LogP) is 6.43. The van der Waals surface area contributed by atoms with Crippen molar-refractivity contribution in [3.05, 3.63) is 103 Å². The fraction of sp³-hybridized carbons (Fsp3) is 0. The maximum absolute atomic E-state index is 2.31. The fourth-order valence-electron chi connectivity index (χ4n) is 3.67. The standard InChI is InChI=1S/C24H17N/c1-2-9-18(10-3-1)20-12-5-6-13-21(20)22-17-19-11-4-7-14-23(19)25-16-8-15-24(22)25/h1-17H. The summed E-state index contributed by atoms with van der Waals surface area (Å²) < 4.78 is 2.28. The molecule has 1 nitrogen and oxygen atoms in total. The Hall–Kier alpha value is -3.32. The predicted molar refractivity (Wildman–Crippen MR) is 106 cm³/mol. The van der Waals surface area contributed by atoms with Crippen LogP contribution in [0.25, 0.3) is 38.7 Å². The number of aromatic nitrogens is 1. The van der Waals surface area contributed by atoms with E-state index in [2.05, 4.69) is 108 Å². The summed E-state index contributed by atoms with van der Waals surface area (Å²) in [5, 5.41) is 1.25. The molecule has 0 aliphatic carbocycles. The highest BCUT2D eigenvalue weighted by molar-refractivity contribution is 5.97. The Kier molecular flexibility index (Phi) is 3.17. The van der Waals surface area contributed by atoms with Crippen LogP contribution in [0, 0.1) is 0 Å². The number of hydrogen-bond donors (Lipinski definition) is 0. The van der Waals surface area contributed by atoms with Gasteiger partial charge in [-0.05, 0) is 46.3 Å². The lowest BCUT2D eigenvalue weighted by atomic mass is 9.93. The number of benzene rings is 3. The molecule has 0 spiro atoms. The van der Waals surface area contributed by atoms with Crippen LogP contribution in [-0.2, 0) is 0 Å². The average molecular weight is 319 g/mol. The van der Waals surface area contributed by atoms with Crippen molar-refractivity contribution >= 4 is 16.4 Å². The number of hydrogen-bond acceptors (Lipinski definition) is 0. The van der Waals surface area contributed by atoms with Gasteiger partial charge in [-0.2, -0.15) is 0 Å². The van der Waals surface area contributed by atoms with Gasteiger partial charge in [0.1, 0.15) is 0 Å². The Morgan fingerprint density at radius 3 is 2.04 bits per heavy atom. The summed E-state index contributed by atoms with van der Waals surface area (Å²) >= 11 is 0. The molecule has 0 radical (unpaired) electrons. The van der Waals surface area contributed by atoms with Crippen molar-refractivity contribution in [3.63, 3.8) is 0 Å². The average Bonchev–Trinajstić information content (AvgIpc) is 3.18. The van der Waals surface area contributed by atoms with Gasteiger partial charge in [0.15, 0.2) is 0 Å². The lowest BCUT2D eigenvalue weighted by Gasteiger charge is -2.14. The van der Waals surface area contributed by atoms with Crippen LogP contribution in [0.5, 0.6) is 0 Å². The molecule has 0 fully saturated rings. The van der Waals surface area contributed by atoms with Gasteiger partial charge in [-0.1, -0.05) is 72.8 Å². The van der Waals surface area contributed by atoms with E-state index in [1.807, 2.05) is 0 Å². The van der Waals surface area contributed by atoms with Crippen molar-refractivity contribution < 1.29 is 0 Å². The minimum absolute atomic E-state index is 1.24. The molecule has 0 aliphatic heterocycles. The number of para-hydroxylation sites is 1. The first-order valence-electron chi connectivity index (χ1n) is 8.55. The third kappa shape index (κ3) is 2.25. The lowest BCUT2D eigenvalue weighted by Crippen LogP contribution is -1.92. The molecule has 0 saturated carbocycles. The third-order valence-electron chi connectivity index (χ3n) is 4.82. The van der Waals surface area contributed by atoms with Gasteiger partial charge in [-0.25, -0.2) is 0 Å². The van der Waals surface area contributed by atoms with Crippen LogP contribution >= 0.6 is 0 Å². The highest BCUT2D eigenvalue weighted by Crippen LogP contribution is 2.36. The van der Waals surface area contributed by atoms with Crippen molar-refractivity contribution in [2.24, 2.45) is 0 Å². The second kappa shape index (κ2) is 5.64. The summed E-state index contributed by atoms with van der Waals surface area (Å²) in [5.74, 6) is 0. The molecule has 25 heavy (non-hydrogen) atoms. The fourth-order valence-corrected chi connectivity index (χ4v) is 3.67. The summed E-state index contributed by atoms with van der Waals surface area (Å²) in [6, 6.07) is 34.5. The first kappa shape index (κ1) is 14.1. The van der Waals surface area contributed by atoms with E-state index >= 15 is 0 Å². The van der Waals surface area contributed by atoms with E-state index in [9.17, 15) is 0 Å². The summed E-state index contributed by atoms with van der Waals surface area (Å²) in [6.07, 6.45) is 2.15. The SMILES string of the molecule is c1ccc(-c2ccccc2-c2cc3ccccc3n3cccc23)cc1. The minimum Gasteiger partial charge on any atom is -0.316 e. The van der Waals surface area contributed by atoms with Crippen LogP contribution < -0.4 is 0 Å². The summed E-state index contributed by atoms with van der Waals surface area (Å²) in [6.45, 7) is 0. The molecule has 2 heterocycles. The van der Waals surface area contributed by atoms with E-state index in [4.69, 9.17) is 0 Å². The number of nitrogens with zero attached hydrogens (tertiary/aromatic N) is 1. The van der Waals surface area contributed by atoms with Crippen LogP contribution in [0.1, 0.15) is 0 Å². The van der Waals surface area contributed by atoms with E-state index in [0.717, 1.165) is 0 Å². The molecule has 2 aromatic heterocycles. The molecule has 118 valence electrons. The smallest absolute Gasteiger partial charge is 0.0535 e. The molecule has 0 amide bonds. The molecule has 5 aromatic rings. The lowest BCUT2D eigenvalue weighted by molar-refractivity contribution is 1.27. The molecule has 1 heteroatoms. The number of pyridine rings is 1. The monoisotopic (exact) mass is 319 g/mol. The van der Waals surface area contributed by atoms with Crippen molar-refractivity contribution in [2.45, 2.75) is 0 Å². The minimum atomic E-state index is 1.24. The number of rotatable bonds is 2. The van der Waals surface area contributed by atoms with Crippen LogP contribution in [0.15, 0.2) is 103 Å². The van der Waals surface area contributed by atoms with Gasteiger partial charge >= 0.3 is 0 Å². The van der Waals surface area contributed by atoms with E-state index in [0.29, 0.717) is 0 Å².